The lowest BCUT2D eigenvalue weighted by molar-refractivity contribution is -0.385. The number of aromatic nitrogens is 2. The van der Waals surface area contributed by atoms with Crippen molar-refractivity contribution in [3.8, 4) is 11.8 Å². The van der Waals surface area contributed by atoms with Gasteiger partial charge in [-0.15, -0.1) is 10.2 Å². The third kappa shape index (κ3) is 3.98. The summed E-state index contributed by atoms with van der Waals surface area (Å²) in [5.74, 6) is 0.616. The highest BCUT2D eigenvalue weighted by Gasteiger charge is 2.35. The molecule has 1 aliphatic rings. The molecule has 0 radical (unpaired) electrons. The van der Waals surface area contributed by atoms with E-state index in [9.17, 15) is 18.5 Å². The van der Waals surface area contributed by atoms with Gasteiger partial charge in [-0.3, -0.25) is 10.1 Å². The van der Waals surface area contributed by atoms with Crippen molar-refractivity contribution in [2.45, 2.75) is 24.3 Å². The Hall–Kier alpha value is -2.79. The van der Waals surface area contributed by atoms with Crippen LogP contribution in [0.3, 0.4) is 0 Å². The Labute approximate surface area is 155 Å². The average molecular weight is 394 g/mol. The SMILES string of the molecule is COc1ccc(OC2CCN(S(=O)(=O)c3cc([N+](=O)[O-])ccc3C)C2)nn1. The molecule has 0 spiro atoms. The maximum absolute atomic E-state index is 12.9. The van der Waals surface area contributed by atoms with Crippen LogP contribution in [-0.4, -0.2) is 54.1 Å². The summed E-state index contributed by atoms with van der Waals surface area (Å²) in [7, 11) is -2.40. The van der Waals surface area contributed by atoms with E-state index in [0.717, 1.165) is 6.07 Å². The fraction of sp³-hybridized carbons (Fsp3) is 0.375. The van der Waals surface area contributed by atoms with Crippen LogP contribution in [0.15, 0.2) is 35.2 Å². The van der Waals surface area contributed by atoms with Crippen LogP contribution < -0.4 is 9.47 Å². The van der Waals surface area contributed by atoms with Gasteiger partial charge in [0.05, 0.1) is 23.5 Å². The highest BCUT2D eigenvalue weighted by Crippen LogP contribution is 2.28. The highest BCUT2D eigenvalue weighted by atomic mass is 32.2. The zero-order valence-corrected chi connectivity index (χ0v) is 15.5. The van der Waals surface area contributed by atoms with Crippen LogP contribution in [0.1, 0.15) is 12.0 Å². The van der Waals surface area contributed by atoms with E-state index in [1.807, 2.05) is 0 Å². The molecule has 0 bridgehead atoms. The van der Waals surface area contributed by atoms with E-state index in [-0.39, 0.29) is 35.7 Å². The summed E-state index contributed by atoms with van der Waals surface area (Å²) < 4.78 is 37.7. The van der Waals surface area contributed by atoms with Crippen LogP contribution >= 0.6 is 0 Å². The summed E-state index contributed by atoms with van der Waals surface area (Å²) in [6.07, 6.45) is 0.0856. The number of nitro groups is 1. The van der Waals surface area contributed by atoms with E-state index >= 15 is 0 Å². The minimum atomic E-state index is -3.87. The second kappa shape index (κ2) is 7.45. The zero-order valence-electron chi connectivity index (χ0n) is 14.7. The lowest BCUT2D eigenvalue weighted by Crippen LogP contribution is -2.31. The van der Waals surface area contributed by atoms with Gasteiger partial charge in [0.15, 0.2) is 0 Å². The predicted molar refractivity (Wildman–Crippen MR) is 94.2 cm³/mol. The van der Waals surface area contributed by atoms with E-state index in [0.29, 0.717) is 17.9 Å². The summed E-state index contributed by atoms with van der Waals surface area (Å²) in [5.41, 5.74) is 0.186. The second-order valence-corrected chi connectivity index (χ2v) is 7.92. The molecule has 0 saturated carbocycles. The van der Waals surface area contributed by atoms with Gasteiger partial charge in [0, 0.05) is 30.8 Å². The van der Waals surface area contributed by atoms with Crippen LogP contribution in [0.5, 0.6) is 11.8 Å². The molecule has 1 aromatic carbocycles. The van der Waals surface area contributed by atoms with Crippen LogP contribution in [-0.2, 0) is 10.0 Å². The molecule has 10 nitrogen and oxygen atoms in total. The van der Waals surface area contributed by atoms with Gasteiger partial charge in [0.1, 0.15) is 6.10 Å². The van der Waals surface area contributed by atoms with Gasteiger partial charge in [-0.05, 0) is 18.9 Å². The van der Waals surface area contributed by atoms with Gasteiger partial charge in [-0.1, -0.05) is 6.07 Å². The first-order valence-electron chi connectivity index (χ1n) is 8.11. The molecule has 1 saturated heterocycles. The number of nitro benzene ring substituents is 1. The van der Waals surface area contributed by atoms with Crippen molar-refractivity contribution in [1.29, 1.82) is 0 Å². The molecular formula is C16H18N4O6S. The van der Waals surface area contributed by atoms with Crippen molar-refractivity contribution in [2.24, 2.45) is 0 Å². The Kier molecular flexibility index (Phi) is 5.24. The number of nitrogens with zero attached hydrogens (tertiary/aromatic N) is 4. The fourth-order valence-corrected chi connectivity index (χ4v) is 4.51. The largest absolute Gasteiger partial charge is 0.480 e. The molecule has 1 atom stereocenters. The van der Waals surface area contributed by atoms with Crippen molar-refractivity contribution < 1.29 is 22.8 Å². The summed E-state index contributed by atoms with van der Waals surface area (Å²) in [6.45, 7) is 1.98. The Morgan fingerprint density at radius 1 is 1.22 bits per heavy atom. The van der Waals surface area contributed by atoms with E-state index in [1.165, 1.54) is 23.5 Å². The van der Waals surface area contributed by atoms with Crippen molar-refractivity contribution >= 4 is 15.7 Å². The minimum Gasteiger partial charge on any atom is -0.480 e. The van der Waals surface area contributed by atoms with Crippen LogP contribution in [0.2, 0.25) is 0 Å². The van der Waals surface area contributed by atoms with E-state index in [4.69, 9.17) is 9.47 Å². The molecular weight excluding hydrogens is 376 g/mol. The number of benzene rings is 1. The second-order valence-electron chi connectivity index (χ2n) is 6.01. The predicted octanol–water partition coefficient (Wildman–Crippen LogP) is 1.54. The molecule has 27 heavy (non-hydrogen) atoms. The lowest BCUT2D eigenvalue weighted by Gasteiger charge is -2.18. The maximum Gasteiger partial charge on any atom is 0.270 e. The fourth-order valence-electron chi connectivity index (χ4n) is 2.78. The lowest BCUT2D eigenvalue weighted by atomic mass is 10.2. The summed E-state index contributed by atoms with van der Waals surface area (Å²) in [5, 5.41) is 18.6. The Balaban J connectivity index is 1.75. The molecule has 144 valence electrons. The molecule has 0 amide bonds. The zero-order chi connectivity index (χ0) is 19.6. The minimum absolute atomic E-state index is 0.0680. The monoisotopic (exact) mass is 394 g/mol. The quantitative estimate of drug-likeness (QED) is 0.534. The molecule has 1 unspecified atom stereocenters. The molecule has 1 aliphatic heterocycles. The number of hydrogen-bond donors (Lipinski definition) is 0. The van der Waals surface area contributed by atoms with Crippen LogP contribution in [0, 0.1) is 17.0 Å². The van der Waals surface area contributed by atoms with Gasteiger partial charge in [-0.2, -0.15) is 4.31 Å². The average Bonchev–Trinajstić information content (AvgIpc) is 3.11. The molecule has 2 heterocycles. The molecule has 0 N–H and O–H groups in total. The molecule has 3 rings (SSSR count). The topological polar surface area (TPSA) is 125 Å². The van der Waals surface area contributed by atoms with Crippen LogP contribution in [0.4, 0.5) is 5.69 Å². The summed E-state index contributed by atoms with van der Waals surface area (Å²) in [4.78, 5) is 10.3. The Morgan fingerprint density at radius 2 is 1.93 bits per heavy atom. The van der Waals surface area contributed by atoms with Gasteiger partial charge in [0.2, 0.25) is 21.8 Å². The number of aryl methyl sites for hydroxylation is 1. The van der Waals surface area contributed by atoms with Crippen molar-refractivity contribution in [3.05, 3.63) is 46.0 Å². The standard InChI is InChI=1S/C16H18N4O6S/c1-11-3-4-12(20(21)22)9-14(11)27(23,24)19-8-7-13(10-19)26-16-6-5-15(25-2)17-18-16/h3-6,9,13H,7-8,10H2,1-2H3. The number of sulfonamides is 1. The molecule has 2 aromatic rings. The maximum atomic E-state index is 12.9. The van der Waals surface area contributed by atoms with E-state index < -0.39 is 14.9 Å². The third-order valence-electron chi connectivity index (χ3n) is 4.22. The first-order valence-corrected chi connectivity index (χ1v) is 9.55. The molecule has 11 heteroatoms. The molecule has 1 aromatic heterocycles. The normalized spacial score (nSPS) is 17.6. The number of rotatable bonds is 6. The molecule has 0 aliphatic carbocycles. The van der Waals surface area contributed by atoms with Gasteiger partial charge in [-0.25, -0.2) is 8.42 Å². The van der Waals surface area contributed by atoms with E-state index in [2.05, 4.69) is 10.2 Å². The summed E-state index contributed by atoms with van der Waals surface area (Å²) in [6, 6.07) is 6.99. The highest BCUT2D eigenvalue weighted by molar-refractivity contribution is 7.89. The number of non-ortho nitro benzene ring substituents is 1. The Bertz CT molecular complexity index is 948. The van der Waals surface area contributed by atoms with Gasteiger partial charge < -0.3 is 9.47 Å². The van der Waals surface area contributed by atoms with Crippen LogP contribution in [0.25, 0.3) is 0 Å². The van der Waals surface area contributed by atoms with Gasteiger partial charge >= 0.3 is 0 Å². The first-order chi connectivity index (χ1) is 12.8. The van der Waals surface area contributed by atoms with Crippen molar-refractivity contribution in [2.75, 3.05) is 20.2 Å². The Morgan fingerprint density at radius 3 is 2.56 bits per heavy atom. The molecule has 1 fully saturated rings. The van der Waals surface area contributed by atoms with Gasteiger partial charge in [0.25, 0.3) is 5.69 Å². The number of methoxy groups -OCH3 is 1. The number of hydrogen-bond acceptors (Lipinski definition) is 8. The van der Waals surface area contributed by atoms with Crippen molar-refractivity contribution in [1.82, 2.24) is 14.5 Å². The van der Waals surface area contributed by atoms with E-state index in [1.54, 1.807) is 19.1 Å². The van der Waals surface area contributed by atoms with Crippen molar-refractivity contribution in [3.63, 3.8) is 0 Å². The summed E-state index contributed by atoms with van der Waals surface area (Å²) >= 11 is 0. The first kappa shape index (κ1) is 19.0. The smallest absolute Gasteiger partial charge is 0.270 e. The number of ether oxygens (including phenoxy) is 2. The third-order valence-corrected chi connectivity index (χ3v) is 6.23.